The number of nitrogens with one attached hydrogen (secondary N) is 1. The van der Waals surface area contributed by atoms with Crippen molar-refractivity contribution in [2.45, 2.75) is 26.3 Å². The molecule has 5 nitrogen and oxygen atoms in total. The van der Waals surface area contributed by atoms with Crippen LogP contribution in [0.5, 0.6) is 0 Å². The predicted molar refractivity (Wildman–Crippen MR) is 107 cm³/mol. The van der Waals surface area contributed by atoms with E-state index < -0.39 is 0 Å². The van der Waals surface area contributed by atoms with Crippen molar-refractivity contribution < 1.29 is 4.79 Å². The second-order valence-electron chi connectivity index (χ2n) is 6.71. The van der Waals surface area contributed by atoms with Crippen LogP contribution in [-0.2, 0) is 4.79 Å². The van der Waals surface area contributed by atoms with E-state index in [0.717, 1.165) is 49.0 Å². The molecular formula is C19H28N4OS. The van der Waals surface area contributed by atoms with Crippen LogP contribution in [0, 0.1) is 0 Å². The smallest absolute Gasteiger partial charge is 0.168 e. The molecule has 1 N–H and O–H groups in total. The molecule has 1 saturated heterocycles. The number of anilines is 2. The number of benzene rings is 1. The van der Waals surface area contributed by atoms with E-state index in [1.54, 1.807) is 18.7 Å². The molecule has 1 aromatic carbocycles. The highest BCUT2D eigenvalue weighted by atomic mass is 32.2. The molecule has 3 rings (SSSR count). The summed E-state index contributed by atoms with van der Waals surface area (Å²) in [5, 5.41) is 3.56. The van der Waals surface area contributed by atoms with Gasteiger partial charge in [0.25, 0.3) is 0 Å². The fourth-order valence-electron chi connectivity index (χ4n) is 3.39. The van der Waals surface area contributed by atoms with Crippen LogP contribution >= 0.6 is 11.8 Å². The first-order valence-electron chi connectivity index (χ1n) is 8.94. The zero-order valence-corrected chi connectivity index (χ0v) is 16.4. The maximum absolute atomic E-state index is 11.8. The molecule has 1 aromatic rings. The van der Waals surface area contributed by atoms with Gasteiger partial charge in [-0.3, -0.25) is 4.79 Å². The van der Waals surface area contributed by atoms with Crippen molar-refractivity contribution in [1.29, 1.82) is 0 Å². The van der Waals surface area contributed by atoms with E-state index in [9.17, 15) is 4.79 Å². The Morgan fingerprint density at radius 1 is 1.20 bits per heavy atom. The molecule has 1 fully saturated rings. The molecule has 25 heavy (non-hydrogen) atoms. The van der Waals surface area contributed by atoms with Crippen LogP contribution in [0.4, 0.5) is 11.4 Å². The number of rotatable bonds is 5. The number of carbonyl (C=O) groups excluding carboxylic acids is 1. The van der Waals surface area contributed by atoms with Gasteiger partial charge in [0, 0.05) is 49.8 Å². The van der Waals surface area contributed by atoms with Crippen molar-refractivity contribution in [2.24, 2.45) is 0 Å². The number of likely N-dealkylation sites (N-methyl/N-ethyl adjacent to an activating group) is 1. The summed E-state index contributed by atoms with van der Waals surface area (Å²) in [5.41, 5.74) is 3.53. The van der Waals surface area contributed by atoms with E-state index in [1.165, 1.54) is 5.69 Å². The summed E-state index contributed by atoms with van der Waals surface area (Å²) in [7, 11) is 2.18. The summed E-state index contributed by atoms with van der Waals surface area (Å²) in [6.07, 6.45) is 0. The molecule has 136 valence electrons. The third-order valence-electron chi connectivity index (χ3n) is 4.96. The van der Waals surface area contributed by atoms with Gasteiger partial charge in [-0.15, -0.1) is 0 Å². The first-order valence-corrected chi connectivity index (χ1v) is 9.82. The number of allylic oxidation sites excluding steroid dienone is 2. The van der Waals surface area contributed by atoms with Crippen LogP contribution in [0.25, 0.3) is 0 Å². The largest absolute Gasteiger partial charge is 0.369 e. The van der Waals surface area contributed by atoms with Gasteiger partial charge in [-0.2, -0.15) is 0 Å². The van der Waals surface area contributed by atoms with Gasteiger partial charge in [-0.1, -0.05) is 11.8 Å². The molecule has 6 heteroatoms. The normalized spacial score (nSPS) is 21.8. The Balaban J connectivity index is 1.65. The van der Waals surface area contributed by atoms with Crippen LogP contribution < -0.4 is 10.2 Å². The molecule has 0 spiro atoms. The van der Waals surface area contributed by atoms with Gasteiger partial charge in [0.05, 0.1) is 4.91 Å². The van der Waals surface area contributed by atoms with Crippen LogP contribution in [-0.4, -0.2) is 60.9 Å². The second-order valence-corrected chi connectivity index (χ2v) is 7.80. The zero-order valence-electron chi connectivity index (χ0n) is 15.6. The number of piperazine rings is 1. The maximum atomic E-state index is 11.8. The molecule has 1 atom stereocenters. The van der Waals surface area contributed by atoms with Crippen molar-refractivity contribution in [3.8, 4) is 0 Å². The average molecular weight is 361 g/mol. The molecule has 0 amide bonds. The summed E-state index contributed by atoms with van der Waals surface area (Å²) in [4.78, 5) is 19.7. The lowest BCUT2D eigenvalue weighted by Crippen LogP contribution is -2.44. The van der Waals surface area contributed by atoms with Gasteiger partial charge >= 0.3 is 0 Å². The molecule has 0 aromatic heterocycles. The first-order chi connectivity index (χ1) is 12.0. The highest BCUT2D eigenvalue weighted by Crippen LogP contribution is 2.38. The summed E-state index contributed by atoms with van der Waals surface area (Å²) >= 11 is 1.62. The number of ketones is 1. The molecule has 1 unspecified atom stereocenters. The Hall–Kier alpha value is -1.66. The van der Waals surface area contributed by atoms with Crippen molar-refractivity contribution in [3.63, 3.8) is 0 Å². The fourth-order valence-corrected chi connectivity index (χ4v) is 4.70. The summed E-state index contributed by atoms with van der Waals surface area (Å²) in [6.45, 7) is 11.1. The highest BCUT2D eigenvalue weighted by Gasteiger charge is 2.31. The summed E-state index contributed by atoms with van der Waals surface area (Å²) in [6, 6.07) is 8.66. The molecule has 0 bridgehead atoms. The minimum absolute atomic E-state index is 0.0818. The third-order valence-corrected chi connectivity index (χ3v) is 6.37. The standard InChI is InChI=1S/C19H28N4OS/c1-5-23-14(2)18(15(3)24)25-19(23)20-16-6-8-17(9-7-16)22-12-10-21(4)11-13-22/h6-9,19-20H,5,10-13H2,1-4H3. The Morgan fingerprint density at radius 3 is 2.40 bits per heavy atom. The van der Waals surface area contributed by atoms with E-state index >= 15 is 0 Å². The number of carbonyl (C=O) groups is 1. The number of thioether (sulfide) groups is 1. The lowest BCUT2D eigenvalue weighted by atomic mass is 10.2. The maximum Gasteiger partial charge on any atom is 0.168 e. The average Bonchev–Trinajstić information content (AvgIpc) is 2.92. The van der Waals surface area contributed by atoms with Gasteiger partial charge in [0.2, 0.25) is 0 Å². The van der Waals surface area contributed by atoms with Gasteiger partial charge in [-0.25, -0.2) is 0 Å². The van der Waals surface area contributed by atoms with Crippen molar-refractivity contribution in [3.05, 3.63) is 34.9 Å². The monoisotopic (exact) mass is 360 g/mol. The van der Waals surface area contributed by atoms with Crippen molar-refractivity contribution >= 4 is 28.9 Å². The number of nitrogens with zero attached hydrogens (tertiary/aromatic N) is 3. The fraction of sp³-hybridized carbons (Fsp3) is 0.526. The Labute approximate surface area is 155 Å². The molecule has 2 heterocycles. The summed E-state index contributed by atoms with van der Waals surface area (Å²) in [5.74, 6) is 0.149. The van der Waals surface area contributed by atoms with Crippen LogP contribution in [0.1, 0.15) is 20.8 Å². The predicted octanol–water partition coefficient (Wildman–Crippen LogP) is 3.02. The quantitative estimate of drug-likeness (QED) is 0.870. The number of Topliss-reactive ketones (excluding diaryl/α,β-unsaturated/α-hetero) is 1. The topological polar surface area (TPSA) is 38.8 Å². The third kappa shape index (κ3) is 3.96. The van der Waals surface area contributed by atoms with E-state index in [2.05, 4.69) is 58.3 Å². The van der Waals surface area contributed by atoms with Crippen LogP contribution in [0.15, 0.2) is 34.9 Å². The van der Waals surface area contributed by atoms with E-state index in [1.807, 2.05) is 6.92 Å². The number of hydrogen-bond donors (Lipinski definition) is 1. The van der Waals surface area contributed by atoms with Crippen molar-refractivity contribution in [1.82, 2.24) is 9.80 Å². The van der Waals surface area contributed by atoms with Gasteiger partial charge in [-0.05, 0) is 52.1 Å². The molecular weight excluding hydrogens is 332 g/mol. The van der Waals surface area contributed by atoms with Gasteiger partial charge in [0.1, 0.15) is 0 Å². The van der Waals surface area contributed by atoms with Crippen molar-refractivity contribution in [2.75, 3.05) is 50.0 Å². The van der Waals surface area contributed by atoms with Gasteiger partial charge < -0.3 is 20.0 Å². The molecule has 0 radical (unpaired) electrons. The number of hydrogen-bond acceptors (Lipinski definition) is 6. The molecule has 2 aliphatic rings. The second kappa shape index (κ2) is 7.70. The van der Waals surface area contributed by atoms with E-state index in [0.29, 0.717) is 0 Å². The highest BCUT2D eigenvalue weighted by molar-refractivity contribution is 8.04. The first kappa shape index (κ1) is 18.1. The minimum atomic E-state index is 0.0818. The van der Waals surface area contributed by atoms with Crippen LogP contribution in [0.3, 0.4) is 0 Å². The lowest BCUT2D eigenvalue weighted by Gasteiger charge is -2.34. The SMILES string of the molecule is CCN1C(C)=C(C(C)=O)SC1Nc1ccc(N2CCN(C)CC2)cc1. The van der Waals surface area contributed by atoms with E-state index in [4.69, 9.17) is 0 Å². The van der Waals surface area contributed by atoms with Crippen LogP contribution in [0.2, 0.25) is 0 Å². The zero-order chi connectivity index (χ0) is 18.0. The Morgan fingerprint density at radius 2 is 1.84 bits per heavy atom. The van der Waals surface area contributed by atoms with E-state index in [-0.39, 0.29) is 11.3 Å². The molecule has 0 aliphatic carbocycles. The van der Waals surface area contributed by atoms with Gasteiger partial charge in [0.15, 0.2) is 11.3 Å². The summed E-state index contributed by atoms with van der Waals surface area (Å²) < 4.78 is 0. The molecule has 0 saturated carbocycles. The Kier molecular flexibility index (Phi) is 5.59. The lowest BCUT2D eigenvalue weighted by molar-refractivity contribution is -0.113. The molecule has 2 aliphatic heterocycles. The minimum Gasteiger partial charge on any atom is -0.369 e. The Bertz CT molecular complexity index is 650.